The van der Waals surface area contributed by atoms with E-state index in [4.69, 9.17) is 30.9 Å². The van der Waals surface area contributed by atoms with Gasteiger partial charge in [-0.1, -0.05) is 24.3 Å². The van der Waals surface area contributed by atoms with Crippen LogP contribution in [0.2, 0.25) is 0 Å². The average Bonchev–Trinajstić information content (AvgIpc) is 3.53. The number of carboxylic acids is 1. The number of alkyl halides is 1. The van der Waals surface area contributed by atoms with E-state index in [1.54, 1.807) is 21.3 Å². The Labute approximate surface area is 235 Å². The molecule has 2 aromatic heterocycles. The fourth-order valence-electron chi connectivity index (χ4n) is 2.99. The number of carbonyl (C=O) groups excluding carboxylic acids is 1. The van der Waals surface area contributed by atoms with E-state index in [0.717, 1.165) is 22.6 Å². The number of nitrogens with one attached hydrogen (secondary N) is 1. The van der Waals surface area contributed by atoms with Crippen molar-refractivity contribution in [1.82, 2.24) is 19.6 Å². The average molecular weight is 575 g/mol. The van der Waals surface area contributed by atoms with Gasteiger partial charge in [-0.05, 0) is 35.4 Å². The highest BCUT2D eigenvalue weighted by Gasteiger charge is 2.12. The third-order valence-electron chi connectivity index (χ3n) is 5.21. The van der Waals surface area contributed by atoms with E-state index in [0.29, 0.717) is 18.4 Å². The van der Waals surface area contributed by atoms with Crippen LogP contribution in [-0.4, -0.2) is 57.9 Å². The van der Waals surface area contributed by atoms with Gasteiger partial charge >= 0.3 is 11.9 Å². The van der Waals surface area contributed by atoms with Crippen molar-refractivity contribution in [3.8, 4) is 17.4 Å². The minimum atomic E-state index is -1.07. The van der Waals surface area contributed by atoms with E-state index >= 15 is 0 Å². The van der Waals surface area contributed by atoms with Gasteiger partial charge in [0.1, 0.15) is 23.8 Å². The second-order valence-corrected chi connectivity index (χ2v) is 8.24. The molecule has 0 bridgehead atoms. The number of carboxylic acid groups (broad SMARTS) is 1. The highest BCUT2D eigenvalue weighted by molar-refractivity contribution is 6.17. The number of hydrogen-bond donors (Lipinski definition) is 2. The molecule has 12 nitrogen and oxygen atoms in total. The Hall–Kier alpha value is -4.71. The first-order valence-corrected chi connectivity index (χ1v) is 12.2. The van der Waals surface area contributed by atoms with Crippen LogP contribution in [0.5, 0.6) is 17.4 Å². The van der Waals surface area contributed by atoms with Crippen LogP contribution in [0.3, 0.4) is 0 Å². The number of halogens is 1. The lowest BCUT2D eigenvalue weighted by atomic mass is 10.2. The summed E-state index contributed by atoms with van der Waals surface area (Å²) < 4.78 is 22.5. The SMILES string of the molecule is COC(=O)c1cc(=O)n(C)[nH]1.COc1ccc(CCl)cc1.COc1ccc(COc2cc(C(=O)O)nn2C)cc1. The minimum absolute atomic E-state index is 0.0350. The first-order valence-electron chi connectivity index (χ1n) is 11.7. The zero-order valence-electron chi connectivity index (χ0n) is 22.7. The number of hydrogen-bond acceptors (Lipinski definition) is 8. The van der Waals surface area contributed by atoms with E-state index in [1.165, 1.54) is 35.7 Å². The molecule has 0 aliphatic heterocycles. The predicted molar refractivity (Wildman–Crippen MR) is 147 cm³/mol. The Bertz CT molecular complexity index is 1400. The van der Waals surface area contributed by atoms with Crippen molar-refractivity contribution >= 4 is 23.5 Å². The highest BCUT2D eigenvalue weighted by atomic mass is 35.5. The van der Waals surface area contributed by atoms with E-state index in [2.05, 4.69) is 14.9 Å². The van der Waals surface area contributed by atoms with Gasteiger partial charge < -0.3 is 24.1 Å². The maximum absolute atomic E-state index is 10.8. The maximum atomic E-state index is 10.8. The fraction of sp³-hybridized carbons (Fsp3) is 0.259. The van der Waals surface area contributed by atoms with Crippen molar-refractivity contribution in [3.05, 3.63) is 93.5 Å². The van der Waals surface area contributed by atoms with Crippen LogP contribution in [0.25, 0.3) is 0 Å². The molecule has 4 aromatic rings. The standard InChI is InChI=1S/C13H14N2O4.C8H9ClO.C6H8N2O3/c1-15-12(7-11(14-15)13(16)17)19-8-9-3-5-10(18-2)6-4-9;1-10-8-4-2-7(6-9)3-5-8;1-8-5(9)3-4(7-8)6(10)11-2/h3-7H,8H2,1-2H3,(H,16,17);2-5H,6H2,1H3;3,7H,1-2H3. The molecule has 0 aliphatic rings. The lowest BCUT2D eigenvalue weighted by molar-refractivity contribution is 0.0592. The smallest absolute Gasteiger partial charge is 0.356 e. The zero-order chi connectivity index (χ0) is 29.7. The van der Waals surface area contributed by atoms with Crippen LogP contribution in [0, 0.1) is 0 Å². The molecule has 0 radical (unpaired) electrons. The summed E-state index contributed by atoms with van der Waals surface area (Å²) in [6, 6.07) is 17.7. The van der Waals surface area contributed by atoms with Gasteiger partial charge in [0.2, 0.25) is 5.88 Å². The van der Waals surface area contributed by atoms with Gasteiger partial charge in [-0.25, -0.2) is 14.3 Å². The maximum Gasteiger partial charge on any atom is 0.356 e. The zero-order valence-corrected chi connectivity index (χ0v) is 23.5. The second-order valence-electron chi connectivity index (χ2n) is 7.97. The fourth-order valence-corrected chi connectivity index (χ4v) is 3.16. The second kappa shape index (κ2) is 15.6. The van der Waals surface area contributed by atoms with Crippen molar-refractivity contribution < 1.29 is 33.6 Å². The molecular weight excluding hydrogens is 544 g/mol. The number of H-pyrrole nitrogens is 1. The van der Waals surface area contributed by atoms with Crippen molar-refractivity contribution in [1.29, 1.82) is 0 Å². The summed E-state index contributed by atoms with van der Waals surface area (Å²) in [6.45, 7) is 0.336. The van der Waals surface area contributed by atoms with Crippen molar-refractivity contribution in [2.24, 2.45) is 14.1 Å². The number of aryl methyl sites for hydroxylation is 2. The Morgan fingerprint density at radius 3 is 1.88 bits per heavy atom. The molecule has 214 valence electrons. The van der Waals surface area contributed by atoms with Gasteiger partial charge in [-0.2, -0.15) is 5.10 Å². The number of esters is 1. The summed E-state index contributed by atoms with van der Waals surface area (Å²) in [5.41, 5.74) is 1.94. The number of benzene rings is 2. The quantitative estimate of drug-likeness (QED) is 0.238. The molecule has 0 spiro atoms. The molecule has 0 saturated carbocycles. The number of carbonyl (C=O) groups is 2. The number of methoxy groups -OCH3 is 3. The van der Waals surface area contributed by atoms with Gasteiger partial charge in [0, 0.05) is 32.1 Å². The van der Waals surface area contributed by atoms with E-state index < -0.39 is 11.9 Å². The van der Waals surface area contributed by atoms with Crippen molar-refractivity contribution in [2.45, 2.75) is 12.5 Å². The molecule has 2 N–H and O–H groups in total. The molecule has 2 aromatic carbocycles. The topological polar surface area (TPSA) is 147 Å². The summed E-state index contributed by atoms with van der Waals surface area (Å²) in [5.74, 6) is 1.00. The Balaban J connectivity index is 0.000000228. The highest BCUT2D eigenvalue weighted by Crippen LogP contribution is 2.16. The number of aromatic amines is 1. The third-order valence-corrected chi connectivity index (χ3v) is 5.52. The number of rotatable bonds is 8. The van der Waals surface area contributed by atoms with E-state index in [9.17, 15) is 14.4 Å². The minimum Gasteiger partial charge on any atom is -0.497 e. The van der Waals surface area contributed by atoms with Crippen LogP contribution in [-0.2, 0) is 31.3 Å². The Kier molecular flexibility index (Phi) is 12.3. The summed E-state index contributed by atoms with van der Waals surface area (Å²) in [4.78, 5) is 32.3. The number of ether oxygens (including phenoxy) is 4. The van der Waals surface area contributed by atoms with E-state index in [-0.39, 0.29) is 16.9 Å². The molecule has 2 heterocycles. The molecule has 0 amide bonds. The molecule has 40 heavy (non-hydrogen) atoms. The lowest BCUT2D eigenvalue weighted by Crippen LogP contribution is -2.10. The number of nitrogens with zero attached hydrogens (tertiary/aromatic N) is 3. The van der Waals surface area contributed by atoms with Crippen LogP contribution in [0.15, 0.2) is 65.5 Å². The molecule has 0 aliphatic carbocycles. The monoisotopic (exact) mass is 574 g/mol. The van der Waals surface area contributed by atoms with Crippen LogP contribution in [0.4, 0.5) is 0 Å². The third kappa shape index (κ3) is 9.55. The first kappa shape index (κ1) is 31.5. The molecule has 0 saturated heterocycles. The largest absolute Gasteiger partial charge is 0.497 e. The van der Waals surface area contributed by atoms with Crippen molar-refractivity contribution in [2.75, 3.05) is 21.3 Å². The molecule has 0 atom stereocenters. The predicted octanol–water partition coefficient (Wildman–Crippen LogP) is 3.64. The normalized spacial score (nSPS) is 9.85. The van der Waals surface area contributed by atoms with E-state index in [1.807, 2.05) is 48.5 Å². The Morgan fingerprint density at radius 1 is 0.925 bits per heavy atom. The summed E-state index contributed by atoms with van der Waals surface area (Å²) >= 11 is 5.58. The van der Waals surface area contributed by atoms with Gasteiger partial charge in [-0.3, -0.25) is 14.6 Å². The molecule has 0 unspecified atom stereocenters. The van der Waals surface area contributed by atoms with Gasteiger partial charge in [0.05, 0.1) is 21.3 Å². The Morgan fingerprint density at radius 2 is 1.48 bits per heavy atom. The molecule has 4 rings (SSSR count). The van der Waals surface area contributed by atoms with Crippen LogP contribution >= 0.6 is 11.6 Å². The van der Waals surface area contributed by atoms with Crippen LogP contribution in [0.1, 0.15) is 32.1 Å². The van der Waals surface area contributed by atoms with Crippen LogP contribution < -0.4 is 19.8 Å². The first-order chi connectivity index (χ1) is 19.1. The lowest BCUT2D eigenvalue weighted by Gasteiger charge is -2.06. The van der Waals surface area contributed by atoms with Crippen molar-refractivity contribution in [3.63, 3.8) is 0 Å². The number of aromatic nitrogens is 4. The number of aromatic carboxylic acids is 1. The summed E-state index contributed by atoms with van der Waals surface area (Å²) in [5, 5.41) is 15.2. The summed E-state index contributed by atoms with van der Waals surface area (Å²) in [7, 11) is 7.67. The summed E-state index contributed by atoms with van der Waals surface area (Å²) in [6.07, 6.45) is 0. The molecular formula is C27H31ClN4O8. The van der Waals surface area contributed by atoms with Gasteiger partial charge in [-0.15, -0.1) is 11.6 Å². The molecule has 13 heteroatoms. The van der Waals surface area contributed by atoms with Gasteiger partial charge in [0.25, 0.3) is 5.56 Å². The molecule has 0 fully saturated rings. The van der Waals surface area contributed by atoms with Gasteiger partial charge in [0.15, 0.2) is 5.69 Å².